The number of ether oxygens (including phenoxy) is 3. The molecule has 3 unspecified atom stereocenters. The first-order valence-corrected chi connectivity index (χ1v) is 16.1. The van der Waals surface area contributed by atoms with Crippen LogP contribution in [0.4, 0.5) is 9.59 Å². The van der Waals surface area contributed by atoms with Gasteiger partial charge in [0.2, 0.25) is 6.29 Å². The van der Waals surface area contributed by atoms with Gasteiger partial charge in [-0.3, -0.25) is 9.59 Å². The molecule has 1 aliphatic rings. The van der Waals surface area contributed by atoms with E-state index in [0.717, 1.165) is 23.1 Å². The van der Waals surface area contributed by atoms with Gasteiger partial charge >= 0.3 is 18.2 Å². The number of hydrogen-bond donors (Lipinski definition) is 4. The quantitative estimate of drug-likeness (QED) is 0.137. The Morgan fingerprint density at radius 3 is 2.33 bits per heavy atom. The third kappa shape index (κ3) is 9.99. The van der Waals surface area contributed by atoms with Crippen molar-refractivity contribution < 1.29 is 38.2 Å². The maximum Gasteiger partial charge on any atom is 0.511 e. The number of nitrogens with one attached hydrogen (secondary N) is 4. The number of rotatable bonds is 12. The minimum Gasteiger partial charge on any atom is -0.435 e. The molecule has 0 spiro atoms. The molecule has 3 aromatic carbocycles. The Morgan fingerprint density at radius 1 is 0.896 bits per heavy atom. The standard InChI is InChI=1S/C33H33Cl3N4O8/c1-3-46-33(45)48-18(2)47-31(43)27(17-38-32(44)40-26-12-11-20-8-4-5-10-23(20)26)39-30(42)28-24(35)14-21(15-25(28)36)29(41)37-16-19-7-6-9-22(34)13-19/h4-10,13-15,18,26-27H,3,11-12,16-17H2,1-2H3,(H,37,41)(H,39,42)(H2,38,40,44). The number of halogens is 3. The van der Waals surface area contributed by atoms with E-state index < -0.39 is 48.8 Å². The molecule has 0 bridgehead atoms. The molecule has 0 saturated heterocycles. The van der Waals surface area contributed by atoms with Crippen molar-refractivity contribution in [2.45, 2.75) is 51.6 Å². The van der Waals surface area contributed by atoms with Gasteiger partial charge in [0.1, 0.15) is 6.04 Å². The lowest BCUT2D eigenvalue weighted by Crippen LogP contribution is -2.51. The van der Waals surface area contributed by atoms with Gasteiger partial charge in [-0.15, -0.1) is 0 Å². The van der Waals surface area contributed by atoms with Crippen LogP contribution in [0, 0.1) is 0 Å². The zero-order chi connectivity index (χ0) is 34.8. The van der Waals surface area contributed by atoms with Crippen LogP contribution in [-0.2, 0) is 32.0 Å². The lowest BCUT2D eigenvalue weighted by molar-refractivity contribution is -0.170. The minimum absolute atomic E-state index is 0.0343. The van der Waals surface area contributed by atoms with Crippen LogP contribution < -0.4 is 21.3 Å². The summed E-state index contributed by atoms with van der Waals surface area (Å²) in [6.45, 7) is 2.63. The van der Waals surface area contributed by atoms with E-state index in [-0.39, 0.29) is 40.4 Å². The molecule has 4 amide bonds. The van der Waals surface area contributed by atoms with Crippen molar-refractivity contribution in [3.63, 3.8) is 0 Å². The summed E-state index contributed by atoms with van der Waals surface area (Å²) in [6.07, 6.45) is -0.961. The molecule has 254 valence electrons. The van der Waals surface area contributed by atoms with Gasteiger partial charge in [0.15, 0.2) is 0 Å². The van der Waals surface area contributed by atoms with Crippen molar-refractivity contribution in [3.8, 4) is 0 Å². The van der Waals surface area contributed by atoms with Gasteiger partial charge in [-0.25, -0.2) is 14.4 Å². The van der Waals surface area contributed by atoms with Crippen molar-refractivity contribution in [1.29, 1.82) is 0 Å². The van der Waals surface area contributed by atoms with Crippen molar-refractivity contribution in [3.05, 3.63) is 104 Å². The second kappa shape index (κ2) is 17.0. The highest BCUT2D eigenvalue weighted by Gasteiger charge is 2.30. The van der Waals surface area contributed by atoms with E-state index in [9.17, 15) is 24.0 Å². The summed E-state index contributed by atoms with van der Waals surface area (Å²) in [6, 6.07) is 14.9. The average Bonchev–Trinajstić information content (AvgIpc) is 3.43. The predicted molar refractivity (Wildman–Crippen MR) is 178 cm³/mol. The lowest BCUT2D eigenvalue weighted by atomic mass is 10.1. The third-order valence-electron chi connectivity index (χ3n) is 7.17. The highest BCUT2D eigenvalue weighted by atomic mass is 35.5. The first-order valence-electron chi connectivity index (χ1n) is 14.9. The van der Waals surface area contributed by atoms with Crippen LogP contribution in [0.3, 0.4) is 0 Å². The smallest absolute Gasteiger partial charge is 0.435 e. The second-order valence-corrected chi connectivity index (χ2v) is 11.9. The highest BCUT2D eigenvalue weighted by molar-refractivity contribution is 6.40. The molecule has 0 fully saturated rings. The van der Waals surface area contributed by atoms with Crippen LogP contribution in [0.5, 0.6) is 0 Å². The molecular weight excluding hydrogens is 687 g/mol. The third-order valence-corrected chi connectivity index (χ3v) is 8.01. The Labute approximate surface area is 291 Å². The van der Waals surface area contributed by atoms with Crippen LogP contribution in [0.15, 0.2) is 60.7 Å². The number of amides is 4. The van der Waals surface area contributed by atoms with Gasteiger partial charge < -0.3 is 35.5 Å². The summed E-state index contributed by atoms with van der Waals surface area (Å²) in [5.74, 6) is -2.46. The van der Waals surface area contributed by atoms with Gasteiger partial charge in [-0.2, -0.15) is 0 Å². The molecule has 4 N–H and O–H groups in total. The fraction of sp³-hybridized carbons (Fsp3) is 0.303. The number of benzene rings is 3. The Balaban J connectivity index is 1.44. The minimum atomic E-state index is -1.49. The topological polar surface area (TPSA) is 161 Å². The van der Waals surface area contributed by atoms with E-state index in [1.807, 2.05) is 24.3 Å². The predicted octanol–water partition coefficient (Wildman–Crippen LogP) is 5.72. The van der Waals surface area contributed by atoms with Crippen LogP contribution in [0.2, 0.25) is 15.1 Å². The number of aryl methyl sites for hydroxylation is 1. The van der Waals surface area contributed by atoms with Crippen LogP contribution in [-0.4, -0.2) is 55.5 Å². The van der Waals surface area contributed by atoms with Gasteiger partial charge in [0.25, 0.3) is 11.8 Å². The molecule has 1 aliphatic carbocycles. The first-order chi connectivity index (χ1) is 22.9. The van der Waals surface area contributed by atoms with Crippen molar-refractivity contribution in [2.75, 3.05) is 13.2 Å². The van der Waals surface area contributed by atoms with E-state index in [2.05, 4.69) is 26.0 Å². The Kier molecular flexibility index (Phi) is 12.9. The second-order valence-electron chi connectivity index (χ2n) is 10.6. The summed E-state index contributed by atoms with van der Waals surface area (Å²) >= 11 is 18.8. The van der Waals surface area contributed by atoms with E-state index in [1.165, 1.54) is 19.1 Å². The first kappa shape index (κ1) is 36.3. The molecule has 0 heterocycles. The molecule has 3 atom stereocenters. The molecule has 0 aliphatic heterocycles. The van der Waals surface area contributed by atoms with E-state index in [4.69, 9.17) is 44.3 Å². The van der Waals surface area contributed by atoms with Gasteiger partial charge in [0, 0.05) is 24.1 Å². The van der Waals surface area contributed by atoms with Gasteiger partial charge in [-0.1, -0.05) is 71.2 Å². The molecule has 12 nitrogen and oxygen atoms in total. The Bertz CT molecular complexity index is 1670. The van der Waals surface area contributed by atoms with E-state index in [0.29, 0.717) is 11.4 Å². The number of fused-ring (bicyclic) bond motifs is 1. The fourth-order valence-corrected chi connectivity index (χ4v) is 5.82. The van der Waals surface area contributed by atoms with Crippen LogP contribution >= 0.6 is 34.8 Å². The molecule has 48 heavy (non-hydrogen) atoms. The van der Waals surface area contributed by atoms with Gasteiger partial charge in [-0.05, 0) is 60.7 Å². The number of hydrogen-bond acceptors (Lipinski definition) is 8. The Hall–Kier alpha value is -4.52. The van der Waals surface area contributed by atoms with E-state index >= 15 is 0 Å². The maximum atomic E-state index is 13.4. The normalized spacial score (nSPS) is 14.5. The summed E-state index contributed by atoms with van der Waals surface area (Å²) in [7, 11) is 0. The van der Waals surface area contributed by atoms with Gasteiger partial charge in [0.05, 0.1) is 34.8 Å². The van der Waals surface area contributed by atoms with Crippen molar-refractivity contribution in [1.82, 2.24) is 21.3 Å². The monoisotopic (exact) mass is 718 g/mol. The van der Waals surface area contributed by atoms with E-state index in [1.54, 1.807) is 31.2 Å². The molecule has 3 aromatic rings. The number of esters is 1. The SMILES string of the molecule is CCOC(=O)OC(C)OC(=O)C(CNC(=O)NC1CCc2ccccc21)NC(=O)c1c(Cl)cc(C(=O)NCc2cccc(Cl)c2)cc1Cl. The molecule has 0 aromatic heterocycles. The zero-order valence-corrected chi connectivity index (χ0v) is 28.2. The molecular formula is C33H33Cl3N4O8. The molecule has 0 radical (unpaired) electrons. The van der Waals surface area contributed by atoms with Crippen molar-refractivity contribution in [2.24, 2.45) is 0 Å². The number of carbonyl (C=O) groups excluding carboxylic acids is 5. The molecule has 15 heteroatoms. The summed E-state index contributed by atoms with van der Waals surface area (Å²) < 4.78 is 14.7. The largest absolute Gasteiger partial charge is 0.511 e. The summed E-state index contributed by atoms with van der Waals surface area (Å²) in [5, 5.41) is 10.8. The average molecular weight is 720 g/mol. The lowest BCUT2D eigenvalue weighted by Gasteiger charge is -2.22. The van der Waals surface area contributed by atoms with Crippen molar-refractivity contribution >= 4 is 64.8 Å². The molecule has 4 rings (SSSR count). The van der Waals surface area contributed by atoms with Crippen LogP contribution in [0.25, 0.3) is 0 Å². The number of urea groups is 1. The van der Waals surface area contributed by atoms with Crippen LogP contribution in [0.1, 0.15) is 63.7 Å². The molecule has 0 saturated carbocycles. The maximum absolute atomic E-state index is 13.4. The number of carbonyl (C=O) groups is 5. The zero-order valence-electron chi connectivity index (χ0n) is 25.9. The Morgan fingerprint density at radius 2 is 1.62 bits per heavy atom. The summed E-state index contributed by atoms with van der Waals surface area (Å²) in [5.41, 5.74) is 2.74. The summed E-state index contributed by atoms with van der Waals surface area (Å²) in [4.78, 5) is 63.9. The fourth-order valence-electron chi connectivity index (χ4n) is 4.94. The highest BCUT2D eigenvalue weighted by Crippen LogP contribution is 2.30.